The van der Waals surface area contributed by atoms with Crippen molar-refractivity contribution in [2.45, 2.75) is 122 Å². The van der Waals surface area contributed by atoms with Crippen LogP contribution in [0.1, 0.15) is 122 Å². The Morgan fingerprint density at radius 1 is 0.778 bits per heavy atom. The smallest absolute Gasteiger partial charge is 0.213 e. The highest BCUT2D eigenvalue weighted by Crippen LogP contribution is 2.23. The molecule has 1 aromatic carbocycles. The molecule has 2 rings (SSSR count). The van der Waals surface area contributed by atoms with Crippen LogP contribution in [0.25, 0.3) is 10.9 Å². The molecule has 0 unspecified atom stereocenters. The van der Waals surface area contributed by atoms with Crippen molar-refractivity contribution in [1.82, 2.24) is 15.6 Å². The molecule has 2 aromatic rings. The van der Waals surface area contributed by atoms with Gasteiger partial charge < -0.3 is 26.6 Å². The summed E-state index contributed by atoms with van der Waals surface area (Å²) < 4.78 is 0. The molecular weight excluding hydrogens is 446 g/mol. The zero-order valence-corrected chi connectivity index (χ0v) is 22.9. The van der Waals surface area contributed by atoms with Crippen LogP contribution in [-0.2, 0) is 6.42 Å². The number of guanidine groups is 1. The van der Waals surface area contributed by atoms with Crippen LogP contribution in [0.4, 0.5) is 0 Å². The fraction of sp³-hybridized carbons (Fsp3) is 0.700. The maximum atomic E-state index is 9.73. The monoisotopic (exact) mass is 499 g/mol. The molecule has 0 atom stereocenters. The highest BCUT2D eigenvalue weighted by atomic mass is 16.3. The second-order valence-corrected chi connectivity index (χ2v) is 10.3. The molecule has 6 N–H and O–H groups in total. The fourth-order valence-electron chi connectivity index (χ4n) is 4.90. The van der Waals surface area contributed by atoms with Crippen LogP contribution in [0.2, 0.25) is 0 Å². The summed E-state index contributed by atoms with van der Waals surface area (Å²) in [5.41, 5.74) is 2.20. The third-order valence-corrected chi connectivity index (χ3v) is 7.14. The maximum Gasteiger partial charge on any atom is 0.213 e. The van der Waals surface area contributed by atoms with E-state index in [-0.39, 0.29) is 5.75 Å². The summed E-state index contributed by atoms with van der Waals surface area (Å²) in [4.78, 5) is 3.25. The van der Waals surface area contributed by atoms with Gasteiger partial charge >= 0.3 is 0 Å². The van der Waals surface area contributed by atoms with Crippen molar-refractivity contribution in [3.05, 3.63) is 30.0 Å². The van der Waals surface area contributed by atoms with E-state index in [4.69, 9.17) is 5.84 Å². The summed E-state index contributed by atoms with van der Waals surface area (Å²) in [5.74, 6) is 6.48. The summed E-state index contributed by atoms with van der Waals surface area (Å²) in [6, 6.07) is 5.40. The quantitative estimate of drug-likeness (QED) is 0.0404. The number of nitrogens with zero attached hydrogens (tertiary/aromatic N) is 1. The lowest BCUT2D eigenvalue weighted by Crippen LogP contribution is -2.39. The van der Waals surface area contributed by atoms with Gasteiger partial charge in [0.15, 0.2) is 0 Å². The SMILES string of the molecule is CCCCCCCCCCCCCCCCCCCN/C(=N\N)NCCc1c[nH]c2ccc(O)cc12. The minimum Gasteiger partial charge on any atom is -0.508 e. The molecule has 0 spiro atoms. The topological polar surface area (TPSA) is 98.5 Å². The number of phenols is 1. The van der Waals surface area contributed by atoms with E-state index in [1.807, 2.05) is 12.3 Å². The van der Waals surface area contributed by atoms with Crippen LogP contribution in [0, 0.1) is 0 Å². The highest BCUT2D eigenvalue weighted by molar-refractivity contribution is 5.84. The number of nitrogens with two attached hydrogens (primary N) is 1. The van der Waals surface area contributed by atoms with E-state index in [1.165, 1.54) is 103 Å². The van der Waals surface area contributed by atoms with Gasteiger partial charge in [0, 0.05) is 30.2 Å². The van der Waals surface area contributed by atoms with Crippen LogP contribution in [-0.4, -0.2) is 29.1 Å². The molecule has 6 nitrogen and oxygen atoms in total. The number of hydrazone groups is 1. The molecule has 0 aliphatic carbocycles. The molecule has 1 heterocycles. The molecule has 0 saturated carbocycles. The van der Waals surface area contributed by atoms with Gasteiger partial charge in [0.1, 0.15) is 5.75 Å². The molecule has 36 heavy (non-hydrogen) atoms. The molecule has 0 aliphatic heterocycles. The standard InChI is InChI=1S/C30H53N5O/c1-2-3-4-5-6-7-8-9-10-11-12-13-14-15-16-17-18-22-32-30(35-31)33-23-21-26-25-34-29-20-19-27(36)24-28(26)29/h19-20,24-25,34,36H,2-18,21-23,31H2,1H3,(H2,32,33,35). The first kappa shape index (κ1) is 29.9. The lowest BCUT2D eigenvalue weighted by atomic mass is 10.0. The molecule has 204 valence electrons. The number of fused-ring (bicyclic) bond motifs is 1. The van der Waals surface area contributed by atoms with E-state index in [1.54, 1.807) is 12.1 Å². The Bertz CT molecular complexity index is 832. The van der Waals surface area contributed by atoms with Crippen LogP contribution in [0.3, 0.4) is 0 Å². The van der Waals surface area contributed by atoms with Crippen molar-refractivity contribution in [1.29, 1.82) is 0 Å². The van der Waals surface area contributed by atoms with Gasteiger partial charge in [0.25, 0.3) is 0 Å². The Balaban J connectivity index is 1.36. The predicted octanol–water partition coefficient (Wildman–Crippen LogP) is 7.48. The minimum atomic E-state index is 0.288. The number of H-pyrrole nitrogens is 1. The number of aromatic hydroxyl groups is 1. The molecule has 0 aliphatic rings. The number of benzene rings is 1. The molecule has 1 aromatic heterocycles. The minimum absolute atomic E-state index is 0.288. The molecule has 0 saturated heterocycles. The van der Waals surface area contributed by atoms with E-state index in [2.05, 4.69) is 27.6 Å². The number of rotatable bonds is 21. The average molecular weight is 500 g/mol. The first-order valence-corrected chi connectivity index (χ1v) is 14.8. The summed E-state index contributed by atoms with van der Waals surface area (Å²) in [6.45, 7) is 3.91. The van der Waals surface area contributed by atoms with Crippen LogP contribution in [0.5, 0.6) is 5.75 Å². The summed E-state index contributed by atoms with van der Waals surface area (Å²) in [6.07, 6.45) is 26.4. The Morgan fingerprint density at radius 3 is 1.86 bits per heavy atom. The molecular formula is C30H53N5O. The molecule has 0 fully saturated rings. The molecule has 6 heteroatoms. The van der Waals surface area contributed by atoms with Gasteiger partial charge in [-0.15, -0.1) is 5.10 Å². The number of aromatic amines is 1. The van der Waals surface area contributed by atoms with Gasteiger partial charge in [-0.05, 0) is 36.6 Å². The third-order valence-electron chi connectivity index (χ3n) is 7.14. The lowest BCUT2D eigenvalue weighted by molar-refractivity contribution is 0.476. The summed E-state index contributed by atoms with van der Waals surface area (Å²) in [7, 11) is 0. The Kier molecular flexibility index (Phi) is 16.4. The van der Waals surface area contributed by atoms with Crippen LogP contribution in [0.15, 0.2) is 29.5 Å². The Morgan fingerprint density at radius 2 is 1.31 bits per heavy atom. The van der Waals surface area contributed by atoms with Crippen LogP contribution >= 0.6 is 0 Å². The number of phenolic OH excluding ortho intramolecular Hbond substituents is 1. The van der Waals surface area contributed by atoms with Gasteiger partial charge in [-0.3, -0.25) is 0 Å². The van der Waals surface area contributed by atoms with Crippen molar-refractivity contribution >= 4 is 16.9 Å². The van der Waals surface area contributed by atoms with Gasteiger partial charge in [0.2, 0.25) is 5.96 Å². The van der Waals surface area contributed by atoms with E-state index in [0.29, 0.717) is 5.96 Å². The van der Waals surface area contributed by atoms with Gasteiger partial charge in [-0.25, -0.2) is 0 Å². The highest BCUT2D eigenvalue weighted by Gasteiger charge is 2.05. The normalized spacial score (nSPS) is 11.9. The maximum absolute atomic E-state index is 9.73. The Hall–Kier alpha value is -2.37. The average Bonchev–Trinajstić information content (AvgIpc) is 3.28. The molecule has 0 amide bonds. The number of nitrogens with one attached hydrogen (secondary N) is 3. The van der Waals surface area contributed by atoms with E-state index in [9.17, 15) is 5.11 Å². The van der Waals surface area contributed by atoms with E-state index < -0.39 is 0 Å². The summed E-state index contributed by atoms with van der Waals surface area (Å²) >= 11 is 0. The fourth-order valence-corrected chi connectivity index (χ4v) is 4.90. The van der Waals surface area contributed by atoms with E-state index in [0.717, 1.165) is 42.4 Å². The second kappa shape index (κ2) is 19.8. The van der Waals surface area contributed by atoms with Crippen molar-refractivity contribution < 1.29 is 5.11 Å². The Labute approximate surface area is 219 Å². The first-order valence-electron chi connectivity index (χ1n) is 14.8. The number of unbranched alkanes of at least 4 members (excludes halogenated alkanes) is 16. The largest absolute Gasteiger partial charge is 0.508 e. The number of aromatic nitrogens is 1. The summed E-state index contributed by atoms with van der Waals surface area (Å²) in [5, 5.41) is 21.2. The molecule has 0 radical (unpaired) electrons. The van der Waals surface area contributed by atoms with E-state index >= 15 is 0 Å². The van der Waals surface area contributed by atoms with Crippen LogP contribution < -0.4 is 16.5 Å². The molecule has 0 bridgehead atoms. The predicted molar refractivity (Wildman–Crippen MR) is 155 cm³/mol. The van der Waals surface area contributed by atoms with Gasteiger partial charge in [0.05, 0.1) is 0 Å². The van der Waals surface area contributed by atoms with Crippen molar-refractivity contribution in [3.8, 4) is 5.75 Å². The third kappa shape index (κ3) is 13.1. The lowest BCUT2D eigenvalue weighted by Gasteiger charge is -2.11. The van der Waals surface area contributed by atoms with Gasteiger partial charge in [-0.2, -0.15) is 0 Å². The zero-order chi connectivity index (χ0) is 25.7. The van der Waals surface area contributed by atoms with Crippen molar-refractivity contribution in [2.24, 2.45) is 10.9 Å². The van der Waals surface area contributed by atoms with Crippen molar-refractivity contribution in [2.75, 3.05) is 13.1 Å². The van der Waals surface area contributed by atoms with Gasteiger partial charge in [-0.1, -0.05) is 110 Å². The van der Waals surface area contributed by atoms with Crippen molar-refractivity contribution in [3.63, 3.8) is 0 Å². The number of hydrogen-bond acceptors (Lipinski definition) is 3. The zero-order valence-electron chi connectivity index (χ0n) is 22.9. The first-order chi connectivity index (χ1) is 17.7. The number of hydrogen-bond donors (Lipinski definition) is 5. The second-order valence-electron chi connectivity index (χ2n) is 10.3.